The standard InChI is InChI=1S/C57H35N5O/c1-2-14-37(15-3-1)55-58-56(38-28-26-36(27-29-38)39-30-31-54-48(34-39)47-20-8-13-25-53(47)63-54)60-57(59-55)40-32-41(61-49-21-9-4-16-43(49)44-17-5-10-22-50(44)61)35-42(33-40)62-51-23-11-6-18-45(51)46-19-7-12-24-52(46)62/h1-35H. The average molecular weight is 806 g/mol. The normalized spacial score (nSPS) is 11.8. The predicted octanol–water partition coefficient (Wildman–Crippen LogP) is 14.6. The Morgan fingerprint density at radius 1 is 0.270 bits per heavy atom. The maximum Gasteiger partial charge on any atom is 0.164 e. The van der Waals surface area contributed by atoms with E-state index in [1.165, 1.54) is 21.5 Å². The number of para-hydroxylation sites is 5. The molecule has 294 valence electrons. The van der Waals surface area contributed by atoms with E-state index in [0.717, 1.165) is 83.2 Å². The highest BCUT2D eigenvalue weighted by atomic mass is 16.3. The fraction of sp³-hybridized carbons (Fsp3) is 0. The van der Waals surface area contributed by atoms with Crippen molar-refractivity contribution in [1.29, 1.82) is 0 Å². The molecule has 0 fully saturated rings. The number of nitrogens with zero attached hydrogens (tertiary/aromatic N) is 5. The van der Waals surface area contributed by atoms with E-state index >= 15 is 0 Å². The highest BCUT2D eigenvalue weighted by Gasteiger charge is 2.20. The van der Waals surface area contributed by atoms with Gasteiger partial charge in [0, 0.05) is 60.4 Å². The molecule has 0 aliphatic heterocycles. The summed E-state index contributed by atoms with van der Waals surface area (Å²) in [4.78, 5) is 15.7. The van der Waals surface area contributed by atoms with Gasteiger partial charge in [0.2, 0.25) is 0 Å². The van der Waals surface area contributed by atoms with Gasteiger partial charge in [-0.1, -0.05) is 152 Å². The summed E-state index contributed by atoms with van der Waals surface area (Å²) in [6.07, 6.45) is 0. The molecule has 0 bridgehead atoms. The van der Waals surface area contributed by atoms with E-state index in [9.17, 15) is 0 Å². The first kappa shape index (κ1) is 35.2. The lowest BCUT2D eigenvalue weighted by Crippen LogP contribution is -2.03. The maximum atomic E-state index is 6.12. The monoisotopic (exact) mass is 805 g/mol. The van der Waals surface area contributed by atoms with Gasteiger partial charge in [-0.05, 0) is 71.8 Å². The lowest BCUT2D eigenvalue weighted by Gasteiger charge is -2.16. The fourth-order valence-corrected chi connectivity index (χ4v) is 9.45. The summed E-state index contributed by atoms with van der Waals surface area (Å²) < 4.78 is 10.9. The van der Waals surface area contributed by atoms with Gasteiger partial charge in [-0.25, -0.2) is 15.0 Å². The van der Waals surface area contributed by atoms with Crippen LogP contribution in [0.3, 0.4) is 0 Å². The topological polar surface area (TPSA) is 61.7 Å². The molecule has 13 aromatic rings. The van der Waals surface area contributed by atoms with Crippen molar-refractivity contribution in [1.82, 2.24) is 24.1 Å². The van der Waals surface area contributed by atoms with Crippen LogP contribution in [0.4, 0.5) is 0 Å². The van der Waals surface area contributed by atoms with Crippen molar-refractivity contribution in [2.75, 3.05) is 0 Å². The first-order valence-corrected chi connectivity index (χ1v) is 21.2. The van der Waals surface area contributed by atoms with Crippen molar-refractivity contribution in [2.45, 2.75) is 0 Å². The molecule has 0 spiro atoms. The summed E-state index contributed by atoms with van der Waals surface area (Å²) in [5.41, 5.74) is 13.2. The number of hydrogen-bond acceptors (Lipinski definition) is 4. The zero-order valence-corrected chi connectivity index (χ0v) is 33.9. The molecule has 4 heterocycles. The Balaban J connectivity index is 1.02. The quantitative estimate of drug-likeness (QED) is 0.168. The zero-order valence-electron chi connectivity index (χ0n) is 33.9. The van der Waals surface area contributed by atoms with Crippen molar-refractivity contribution in [3.8, 4) is 56.7 Å². The molecule has 0 N–H and O–H groups in total. The second-order valence-electron chi connectivity index (χ2n) is 16.0. The highest BCUT2D eigenvalue weighted by Crippen LogP contribution is 2.39. The van der Waals surface area contributed by atoms with Crippen LogP contribution in [-0.2, 0) is 0 Å². The Labute approximate surface area is 361 Å². The summed E-state index contributed by atoms with van der Waals surface area (Å²) >= 11 is 0. The Bertz CT molecular complexity index is 3680. The fourth-order valence-electron chi connectivity index (χ4n) is 9.45. The molecule has 6 heteroatoms. The van der Waals surface area contributed by atoms with Gasteiger partial charge in [0.05, 0.1) is 22.1 Å². The van der Waals surface area contributed by atoms with E-state index in [1.807, 2.05) is 30.3 Å². The molecule has 4 aromatic heterocycles. The Morgan fingerprint density at radius 2 is 0.667 bits per heavy atom. The Kier molecular flexibility index (Phi) is 7.80. The Morgan fingerprint density at radius 3 is 1.21 bits per heavy atom. The molecular weight excluding hydrogens is 771 g/mol. The minimum atomic E-state index is 0.588. The van der Waals surface area contributed by atoms with Gasteiger partial charge in [0.15, 0.2) is 17.5 Å². The van der Waals surface area contributed by atoms with Crippen LogP contribution >= 0.6 is 0 Å². The van der Waals surface area contributed by atoms with Crippen LogP contribution in [0.15, 0.2) is 217 Å². The van der Waals surface area contributed by atoms with Gasteiger partial charge in [0.25, 0.3) is 0 Å². The predicted molar refractivity (Wildman–Crippen MR) is 258 cm³/mol. The van der Waals surface area contributed by atoms with Crippen molar-refractivity contribution in [3.05, 3.63) is 212 Å². The Hall–Kier alpha value is -8.61. The molecule has 6 nitrogen and oxygen atoms in total. The van der Waals surface area contributed by atoms with Crippen molar-refractivity contribution in [2.24, 2.45) is 0 Å². The van der Waals surface area contributed by atoms with Crippen LogP contribution in [0.5, 0.6) is 0 Å². The smallest absolute Gasteiger partial charge is 0.164 e. The van der Waals surface area contributed by atoms with Crippen LogP contribution in [0, 0.1) is 0 Å². The van der Waals surface area contributed by atoms with Crippen LogP contribution < -0.4 is 0 Å². The zero-order chi connectivity index (χ0) is 41.4. The minimum absolute atomic E-state index is 0.588. The van der Waals surface area contributed by atoms with E-state index in [-0.39, 0.29) is 0 Å². The number of aromatic nitrogens is 5. The molecule has 0 aliphatic carbocycles. The third kappa shape index (κ3) is 5.69. The second-order valence-corrected chi connectivity index (χ2v) is 16.0. The van der Waals surface area contributed by atoms with Crippen molar-refractivity contribution >= 4 is 65.6 Å². The molecule has 0 saturated carbocycles. The first-order chi connectivity index (χ1) is 31.2. The van der Waals surface area contributed by atoms with Crippen molar-refractivity contribution in [3.63, 3.8) is 0 Å². The molecule has 0 saturated heterocycles. The average Bonchev–Trinajstić information content (AvgIpc) is 4.02. The van der Waals surface area contributed by atoms with Crippen LogP contribution in [-0.4, -0.2) is 24.1 Å². The lowest BCUT2D eigenvalue weighted by atomic mass is 10.0. The van der Waals surface area contributed by atoms with Gasteiger partial charge < -0.3 is 13.6 Å². The molecule has 0 amide bonds. The van der Waals surface area contributed by atoms with E-state index < -0.39 is 0 Å². The van der Waals surface area contributed by atoms with E-state index in [4.69, 9.17) is 19.4 Å². The van der Waals surface area contributed by atoms with E-state index in [2.05, 4.69) is 191 Å². The van der Waals surface area contributed by atoms with Gasteiger partial charge in [0.1, 0.15) is 11.2 Å². The van der Waals surface area contributed by atoms with Crippen molar-refractivity contribution < 1.29 is 4.42 Å². The lowest BCUT2D eigenvalue weighted by molar-refractivity contribution is 0.669. The largest absolute Gasteiger partial charge is 0.456 e. The number of hydrogen-bond donors (Lipinski definition) is 0. The number of benzene rings is 9. The maximum absolute atomic E-state index is 6.12. The molecule has 9 aromatic carbocycles. The van der Waals surface area contributed by atoms with E-state index in [1.54, 1.807) is 0 Å². The van der Waals surface area contributed by atoms with E-state index in [0.29, 0.717) is 17.5 Å². The van der Waals surface area contributed by atoms with Gasteiger partial charge >= 0.3 is 0 Å². The molecule has 0 atom stereocenters. The summed E-state index contributed by atoms with van der Waals surface area (Å²) in [6.45, 7) is 0. The minimum Gasteiger partial charge on any atom is -0.456 e. The number of furan rings is 1. The van der Waals surface area contributed by atoms with Crippen LogP contribution in [0.2, 0.25) is 0 Å². The number of fused-ring (bicyclic) bond motifs is 9. The summed E-state index contributed by atoms with van der Waals surface area (Å²) in [5.74, 6) is 1.80. The first-order valence-electron chi connectivity index (χ1n) is 21.2. The van der Waals surface area contributed by atoms with Gasteiger partial charge in [-0.3, -0.25) is 0 Å². The number of rotatable bonds is 6. The third-order valence-electron chi connectivity index (χ3n) is 12.4. The SMILES string of the molecule is c1ccc(-c2nc(-c3ccc(-c4ccc5oc6ccccc6c5c4)cc3)nc(-c3cc(-n4c5ccccc5c5ccccc54)cc(-n4c5ccccc5c5ccccc54)c3)n2)cc1. The molecule has 0 unspecified atom stereocenters. The molecule has 13 rings (SSSR count). The molecule has 0 radical (unpaired) electrons. The van der Waals surface area contributed by atoms with Crippen LogP contribution in [0.25, 0.3) is 122 Å². The summed E-state index contributed by atoms with van der Waals surface area (Å²) in [5, 5.41) is 7.02. The molecule has 63 heavy (non-hydrogen) atoms. The van der Waals surface area contributed by atoms with Crippen LogP contribution in [0.1, 0.15) is 0 Å². The molecule has 0 aliphatic rings. The van der Waals surface area contributed by atoms with Gasteiger partial charge in [-0.2, -0.15) is 0 Å². The summed E-state index contributed by atoms with van der Waals surface area (Å²) in [6, 6.07) is 74.6. The second kappa shape index (κ2) is 14.0. The summed E-state index contributed by atoms with van der Waals surface area (Å²) in [7, 11) is 0. The van der Waals surface area contributed by atoms with Gasteiger partial charge in [-0.15, -0.1) is 0 Å². The molecular formula is C57H35N5O. The third-order valence-corrected chi connectivity index (χ3v) is 12.4. The highest BCUT2D eigenvalue weighted by molar-refractivity contribution is 6.11.